The number of amides is 2. The van der Waals surface area contributed by atoms with E-state index >= 15 is 0 Å². The lowest BCUT2D eigenvalue weighted by Gasteiger charge is -2.35. The standard InChI is InChI=1S/C26H31N5O2/c1-3-29(4-2)25(32)20-28-15-17-30(18-16-28)26(33)22-11-8-12-23(19-22)31-24(13-14-27-31)21-9-6-5-7-10-21/h5-14,19H,3-4,15-18,20H2,1-2H3. The van der Waals surface area contributed by atoms with Crippen molar-refractivity contribution in [3.05, 3.63) is 72.4 Å². The van der Waals surface area contributed by atoms with Crippen LogP contribution in [0.4, 0.5) is 0 Å². The Hall–Kier alpha value is -3.45. The molecule has 4 rings (SSSR count). The first kappa shape index (κ1) is 22.7. The van der Waals surface area contributed by atoms with E-state index in [0.29, 0.717) is 38.3 Å². The summed E-state index contributed by atoms with van der Waals surface area (Å²) in [7, 11) is 0. The summed E-state index contributed by atoms with van der Waals surface area (Å²) in [5, 5.41) is 4.49. The summed E-state index contributed by atoms with van der Waals surface area (Å²) in [6.07, 6.45) is 1.77. The van der Waals surface area contributed by atoms with Gasteiger partial charge in [0.15, 0.2) is 0 Å². The van der Waals surface area contributed by atoms with Gasteiger partial charge in [-0.25, -0.2) is 4.68 Å². The van der Waals surface area contributed by atoms with Gasteiger partial charge >= 0.3 is 0 Å². The van der Waals surface area contributed by atoms with Gasteiger partial charge in [0.25, 0.3) is 5.91 Å². The number of rotatable bonds is 7. The van der Waals surface area contributed by atoms with Gasteiger partial charge in [0.2, 0.25) is 5.91 Å². The third-order valence-electron chi connectivity index (χ3n) is 6.18. The van der Waals surface area contributed by atoms with Crippen LogP contribution < -0.4 is 0 Å². The van der Waals surface area contributed by atoms with E-state index in [4.69, 9.17) is 0 Å². The molecule has 2 amide bonds. The number of piperazine rings is 1. The van der Waals surface area contributed by atoms with Crippen molar-refractivity contribution < 1.29 is 9.59 Å². The second-order valence-electron chi connectivity index (χ2n) is 8.18. The van der Waals surface area contributed by atoms with Gasteiger partial charge in [0.1, 0.15) is 0 Å². The molecule has 33 heavy (non-hydrogen) atoms. The van der Waals surface area contributed by atoms with Crippen LogP contribution >= 0.6 is 0 Å². The molecule has 1 aliphatic rings. The molecule has 0 bridgehead atoms. The summed E-state index contributed by atoms with van der Waals surface area (Å²) in [6, 6.07) is 19.7. The van der Waals surface area contributed by atoms with Gasteiger partial charge in [-0.05, 0) is 38.1 Å². The van der Waals surface area contributed by atoms with Crippen LogP contribution in [0, 0.1) is 0 Å². The number of likely N-dealkylation sites (N-methyl/N-ethyl adjacent to an activating group) is 1. The number of hydrogen-bond donors (Lipinski definition) is 0. The number of carbonyl (C=O) groups is 2. The van der Waals surface area contributed by atoms with E-state index in [1.54, 1.807) is 6.20 Å². The van der Waals surface area contributed by atoms with Crippen molar-refractivity contribution in [2.45, 2.75) is 13.8 Å². The number of nitrogens with zero attached hydrogens (tertiary/aromatic N) is 5. The lowest BCUT2D eigenvalue weighted by molar-refractivity contribution is -0.132. The molecule has 0 N–H and O–H groups in total. The van der Waals surface area contributed by atoms with Crippen LogP contribution in [-0.2, 0) is 4.79 Å². The quantitative estimate of drug-likeness (QED) is 0.561. The van der Waals surface area contributed by atoms with Crippen LogP contribution in [0.3, 0.4) is 0 Å². The molecule has 172 valence electrons. The molecule has 1 fully saturated rings. The van der Waals surface area contributed by atoms with E-state index in [9.17, 15) is 9.59 Å². The minimum absolute atomic E-state index is 0.0139. The minimum Gasteiger partial charge on any atom is -0.342 e. The first-order chi connectivity index (χ1) is 16.1. The number of carbonyl (C=O) groups excluding carboxylic acids is 2. The molecule has 0 unspecified atom stereocenters. The number of benzene rings is 2. The maximum atomic E-state index is 13.2. The molecular weight excluding hydrogens is 414 g/mol. The lowest BCUT2D eigenvalue weighted by Crippen LogP contribution is -2.51. The Morgan fingerprint density at radius 3 is 2.33 bits per heavy atom. The highest BCUT2D eigenvalue weighted by molar-refractivity contribution is 5.95. The Bertz CT molecular complexity index is 1080. The normalized spacial score (nSPS) is 14.3. The average Bonchev–Trinajstić information content (AvgIpc) is 3.36. The summed E-state index contributed by atoms with van der Waals surface area (Å²) < 4.78 is 1.86. The van der Waals surface area contributed by atoms with E-state index < -0.39 is 0 Å². The molecule has 0 radical (unpaired) electrons. The predicted octanol–water partition coefficient (Wildman–Crippen LogP) is 3.17. The summed E-state index contributed by atoms with van der Waals surface area (Å²) >= 11 is 0. The molecule has 1 aromatic heterocycles. The van der Waals surface area contributed by atoms with E-state index in [2.05, 4.69) is 10.00 Å². The fourth-order valence-electron chi connectivity index (χ4n) is 4.27. The first-order valence-corrected chi connectivity index (χ1v) is 11.6. The van der Waals surface area contributed by atoms with Crippen molar-refractivity contribution in [3.8, 4) is 16.9 Å². The molecule has 7 nitrogen and oxygen atoms in total. The molecule has 2 heterocycles. The van der Waals surface area contributed by atoms with Gasteiger partial charge in [0.05, 0.1) is 24.1 Å². The van der Waals surface area contributed by atoms with Crippen molar-refractivity contribution in [3.63, 3.8) is 0 Å². The third-order valence-corrected chi connectivity index (χ3v) is 6.18. The zero-order chi connectivity index (χ0) is 23.2. The summed E-state index contributed by atoms with van der Waals surface area (Å²) in [5.74, 6) is 0.168. The highest BCUT2D eigenvalue weighted by Crippen LogP contribution is 2.23. The van der Waals surface area contributed by atoms with Gasteiger partial charge in [-0.2, -0.15) is 5.10 Å². The Morgan fingerprint density at radius 2 is 1.64 bits per heavy atom. The highest BCUT2D eigenvalue weighted by atomic mass is 16.2. The average molecular weight is 446 g/mol. The van der Waals surface area contributed by atoms with Crippen molar-refractivity contribution in [1.29, 1.82) is 0 Å². The molecule has 0 atom stereocenters. The van der Waals surface area contributed by atoms with Crippen LogP contribution in [0.1, 0.15) is 24.2 Å². The number of aromatic nitrogens is 2. The monoisotopic (exact) mass is 445 g/mol. The fourth-order valence-corrected chi connectivity index (χ4v) is 4.27. The topological polar surface area (TPSA) is 61.7 Å². The van der Waals surface area contributed by atoms with Crippen molar-refractivity contribution in [1.82, 2.24) is 24.5 Å². The largest absolute Gasteiger partial charge is 0.342 e. The highest BCUT2D eigenvalue weighted by Gasteiger charge is 2.24. The fraction of sp³-hybridized carbons (Fsp3) is 0.346. The van der Waals surface area contributed by atoms with Crippen molar-refractivity contribution in [2.75, 3.05) is 45.8 Å². The maximum absolute atomic E-state index is 13.2. The number of hydrogen-bond acceptors (Lipinski definition) is 4. The van der Waals surface area contributed by atoms with E-state index in [0.717, 1.165) is 30.0 Å². The van der Waals surface area contributed by atoms with Crippen LogP contribution in [0.15, 0.2) is 66.9 Å². The Kier molecular flexibility index (Phi) is 7.19. The second-order valence-corrected chi connectivity index (χ2v) is 8.18. The van der Waals surface area contributed by atoms with Gasteiger partial charge in [-0.3, -0.25) is 14.5 Å². The first-order valence-electron chi connectivity index (χ1n) is 11.6. The maximum Gasteiger partial charge on any atom is 0.254 e. The molecule has 0 spiro atoms. The lowest BCUT2D eigenvalue weighted by atomic mass is 10.1. The Labute approximate surface area is 195 Å². The molecule has 2 aromatic carbocycles. The molecule has 7 heteroatoms. The van der Waals surface area contributed by atoms with Crippen LogP contribution in [-0.4, -0.2) is 82.1 Å². The van der Waals surface area contributed by atoms with Crippen molar-refractivity contribution in [2.24, 2.45) is 0 Å². The zero-order valence-corrected chi connectivity index (χ0v) is 19.4. The van der Waals surface area contributed by atoms with Gasteiger partial charge in [0, 0.05) is 50.4 Å². The molecule has 1 saturated heterocycles. The predicted molar refractivity (Wildman–Crippen MR) is 129 cm³/mol. The minimum atomic E-state index is 0.0139. The second kappa shape index (κ2) is 10.4. The summed E-state index contributed by atoms with van der Waals surface area (Å²) in [4.78, 5) is 31.5. The Balaban J connectivity index is 1.43. The molecule has 0 aliphatic carbocycles. The molecular formula is C26H31N5O2. The van der Waals surface area contributed by atoms with Crippen molar-refractivity contribution >= 4 is 11.8 Å². The van der Waals surface area contributed by atoms with E-state index in [1.165, 1.54) is 0 Å². The Morgan fingerprint density at radius 1 is 0.909 bits per heavy atom. The van der Waals surface area contributed by atoms with Gasteiger partial charge in [-0.15, -0.1) is 0 Å². The zero-order valence-electron chi connectivity index (χ0n) is 19.4. The SMILES string of the molecule is CCN(CC)C(=O)CN1CCN(C(=O)c2cccc(-n3nccc3-c3ccccc3)c2)CC1. The van der Waals surface area contributed by atoms with Crippen LogP contribution in [0.25, 0.3) is 16.9 Å². The van der Waals surface area contributed by atoms with Crippen LogP contribution in [0.2, 0.25) is 0 Å². The van der Waals surface area contributed by atoms with Gasteiger partial charge < -0.3 is 9.80 Å². The third kappa shape index (κ3) is 5.14. The smallest absolute Gasteiger partial charge is 0.254 e. The van der Waals surface area contributed by atoms with Gasteiger partial charge in [-0.1, -0.05) is 36.4 Å². The molecule has 0 saturated carbocycles. The molecule has 1 aliphatic heterocycles. The van der Waals surface area contributed by atoms with E-state index in [1.807, 2.05) is 89.0 Å². The van der Waals surface area contributed by atoms with Crippen LogP contribution in [0.5, 0.6) is 0 Å². The summed E-state index contributed by atoms with van der Waals surface area (Å²) in [5.41, 5.74) is 3.55. The molecule has 3 aromatic rings. The van der Waals surface area contributed by atoms with E-state index in [-0.39, 0.29) is 11.8 Å². The summed E-state index contributed by atoms with van der Waals surface area (Å²) in [6.45, 7) is 8.51.